The first-order valence-corrected chi connectivity index (χ1v) is 12.4. The van der Waals surface area contributed by atoms with E-state index < -0.39 is 17.8 Å². The zero-order chi connectivity index (χ0) is 27.3. The number of carbonyl (C=O) groups is 1. The van der Waals surface area contributed by atoms with E-state index in [2.05, 4.69) is 44.2 Å². The molecule has 2 heterocycles. The van der Waals surface area contributed by atoms with Crippen molar-refractivity contribution in [2.75, 3.05) is 36.8 Å². The standard InChI is InChI=1S/C26H28ClF3N6O2/c1-17(2)36-9-7-35(8-10-36)15-18-11-19(26(28,29)30)13-21(12-18)34-25(37)33-20-3-5-22(6-4-20)38-24-14-23(27)31-16-32-24/h3-6,11-14,16-17H,7-10,15H2,1-2H3,(H2,33,34,37). The molecular formula is C26H28ClF3N6O2. The van der Waals surface area contributed by atoms with Gasteiger partial charge < -0.3 is 15.4 Å². The van der Waals surface area contributed by atoms with Gasteiger partial charge in [-0.3, -0.25) is 9.80 Å². The van der Waals surface area contributed by atoms with Crippen LogP contribution in [0.15, 0.2) is 54.9 Å². The van der Waals surface area contributed by atoms with Crippen LogP contribution >= 0.6 is 11.6 Å². The highest BCUT2D eigenvalue weighted by Gasteiger charge is 2.31. The number of amides is 2. The van der Waals surface area contributed by atoms with E-state index in [-0.39, 0.29) is 16.7 Å². The minimum absolute atomic E-state index is 0.0636. The molecule has 3 aromatic rings. The lowest BCUT2D eigenvalue weighted by atomic mass is 10.1. The summed E-state index contributed by atoms with van der Waals surface area (Å²) >= 11 is 5.82. The Morgan fingerprint density at radius 3 is 2.32 bits per heavy atom. The number of rotatable bonds is 7. The van der Waals surface area contributed by atoms with Crippen molar-refractivity contribution < 1.29 is 22.7 Å². The van der Waals surface area contributed by atoms with Crippen molar-refractivity contribution in [1.82, 2.24) is 19.8 Å². The summed E-state index contributed by atoms with van der Waals surface area (Å²) in [6.45, 7) is 7.88. The number of hydrogen-bond donors (Lipinski definition) is 2. The summed E-state index contributed by atoms with van der Waals surface area (Å²) in [5.41, 5.74) is 0.163. The zero-order valence-electron chi connectivity index (χ0n) is 20.9. The SMILES string of the molecule is CC(C)N1CCN(Cc2cc(NC(=O)Nc3ccc(Oc4cc(Cl)ncn4)cc3)cc(C(F)(F)F)c2)CC1. The van der Waals surface area contributed by atoms with E-state index in [9.17, 15) is 18.0 Å². The molecule has 4 rings (SSSR count). The van der Waals surface area contributed by atoms with Crippen LogP contribution in [0.1, 0.15) is 25.0 Å². The average Bonchev–Trinajstić information content (AvgIpc) is 2.85. The van der Waals surface area contributed by atoms with E-state index in [1.807, 2.05) is 0 Å². The van der Waals surface area contributed by atoms with Crippen molar-refractivity contribution in [3.63, 3.8) is 0 Å². The Bertz CT molecular complexity index is 1250. The summed E-state index contributed by atoms with van der Waals surface area (Å²) in [5, 5.41) is 5.37. The van der Waals surface area contributed by atoms with Crippen LogP contribution in [-0.2, 0) is 12.7 Å². The number of nitrogens with zero attached hydrogens (tertiary/aromatic N) is 4. The van der Waals surface area contributed by atoms with Gasteiger partial charge in [0.1, 0.15) is 17.2 Å². The molecule has 202 valence electrons. The van der Waals surface area contributed by atoms with Crippen molar-refractivity contribution in [2.45, 2.75) is 32.6 Å². The van der Waals surface area contributed by atoms with Crippen molar-refractivity contribution in [2.24, 2.45) is 0 Å². The molecule has 8 nitrogen and oxygen atoms in total. The predicted octanol–water partition coefficient (Wildman–Crippen LogP) is 6.11. The minimum atomic E-state index is -4.54. The molecule has 0 bridgehead atoms. The van der Waals surface area contributed by atoms with Gasteiger partial charge in [0.25, 0.3) is 0 Å². The number of anilines is 2. The Kier molecular flexibility index (Phi) is 8.70. The van der Waals surface area contributed by atoms with E-state index in [0.29, 0.717) is 29.6 Å². The lowest BCUT2D eigenvalue weighted by Gasteiger charge is -2.37. The lowest BCUT2D eigenvalue weighted by molar-refractivity contribution is -0.137. The molecule has 1 aliphatic rings. The molecule has 0 atom stereocenters. The molecule has 2 amide bonds. The van der Waals surface area contributed by atoms with Gasteiger partial charge in [0.2, 0.25) is 5.88 Å². The van der Waals surface area contributed by atoms with Gasteiger partial charge in [-0.1, -0.05) is 11.6 Å². The van der Waals surface area contributed by atoms with Crippen LogP contribution in [0.2, 0.25) is 5.15 Å². The number of carbonyl (C=O) groups excluding carboxylic acids is 1. The van der Waals surface area contributed by atoms with Gasteiger partial charge in [-0.25, -0.2) is 14.8 Å². The van der Waals surface area contributed by atoms with Crippen LogP contribution in [0.5, 0.6) is 11.6 Å². The maximum atomic E-state index is 13.6. The highest BCUT2D eigenvalue weighted by Crippen LogP contribution is 2.32. The smallest absolute Gasteiger partial charge is 0.416 e. The number of piperazine rings is 1. The van der Waals surface area contributed by atoms with Gasteiger partial charge in [-0.2, -0.15) is 13.2 Å². The van der Waals surface area contributed by atoms with E-state index in [4.69, 9.17) is 16.3 Å². The van der Waals surface area contributed by atoms with Gasteiger partial charge in [0.15, 0.2) is 0 Å². The number of nitrogens with one attached hydrogen (secondary N) is 2. The fourth-order valence-corrected chi connectivity index (χ4v) is 4.25. The lowest BCUT2D eigenvalue weighted by Crippen LogP contribution is -2.48. The molecule has 12 heteroatoms. The Morgan fingerprint density at radius 1 is 1.00 bits per heavy atom. The van der Waals surface area contributed by atoms with Crippen molar-refractivity contribution in [1.29, 1.82) is 0 Å². The number of ether oxygens (including phenoxy) is 1. The first-order chi connectivity index (χ1) is 18.0. The number of halogens is 4. The fourth-order valence-electron chi connectivity index (χ4n) is 4.11. The van der Waals surface area contributed by atoms with E-state index >= 15 is 0 Å². The maximum absolute atomic E-state index is 13.6. The Balaban J connectivity index is 1.39. The topological polar surface area (TPSA) is 82.6 Å². The molecule has 0 saturated carbocycles. The zero-order valence-corrected chi connectivity index (χ0v) is 21.7. The van der Waals surface area contributed by atoms with Crippen LogP contribution in [0, 0.1) is 0 Å². The first kappa shape index (κ1) is 27.6. The normalized spacial score (nSPS) is 14.9. The summed E-state index contributed by atoms with van der Waals surface area (Å²) in [7, 11) is 0. The van der Waals surface area contributed by atoms with Gasteiger partial charge in [-0.15, -0.1) is 0 Å². The first-order valence-electron chi connectivity index (χ1n) is 12.1. The number of aromatic nitrogens is 2. The van der Waals surface area contributed by atoms with Crippen LogP contribution in [0.3, 0.4) is 0 Å². The number of benzene rings is 2. The average molecular weight is 549 g/mol. The van der Waals surface area contributed by atoms with Crippen LogP contribution < -0.4 is 15.4 Å². The second-order valence-corrected chi connectivity index (χ2v) is 9.59. The summed E-state index contributed by atoms with van der Waals surface area (Å²) in [6.07, 6.45) is -3.27. The second-order valence-electron chi connectivity index (χ2n) is 9.21. The van der Waals surface area contributed by atoms with E-state index in [1.165, 1.54) is 12.4 Å². The molecule has 38 heavy (non-hydrogen) atoms. The van der Waals surface area contributed by atoms with Gasteiger partial charge in [-0.05, 0) is 61.9 Å². The summed E-state index contributed by atoms with van der Waals surface area (Å²) < 4.78 is 46.3. The molecule has 1 saturated heterocycles. The molecular weight excluding hydrogens is 521 g/mol. The highest BCUT2D eigenvalue weighted by molar-refractivity contribution is 6.29. The molecule has 1 aliphatic heterocycles. The van der Waals surface area contributed by atoms with Gasteiger partial charge in [0, 0.05) is 56.2 Å². The van der Waals surface area contributed by atoms with E-state index in [0.717, 1.165) is 38.3 Å². The third kappa shape index (κ3) is 7.80. The highest BCUT2D eigenvalue weighted by atomic mass is 35.5. The van der Waals surface area contributed by atoms with Crippen molar-refractivity contribution in [3.8, 4) is 11.6 Å². The molecule has 1 fully saturated rings. The number of hydrogen-bond acceptors (Lipinski definition) is 6. The number of urea groups is 1. The third-order valence-electron chi connectivity index (χ3n) is 6.06. The van der Waals surface area contributed by atoms with Crippen LogP contribution in [0.4, 0.5) is 29.3 Å². The summed E-state index contributed by atoms with van der Waals surface area (Å²) in [6, 6.07) is 11.3. The third-order valence-corrected chi connectivity index (χ3v) is 6.27. The minimum Gasteiger partial charge on any atom is -0.439 e. The molecule has 1 aromatic heterocycles. The number of alkyl halides is 3. The van der Waals surface area contributed by atoms with Crippen molar-refractivity contribution >= 4 is 29.0 Å². The van der Waals surface area contributed by atoms with Gasteiger partial charge in [0.05, 0.1) is 5.56 Å². The predicted molar refractivity (Wildman–Crippen MR) is 140 cm³/mol. The van der Waals surface area contributed by atoms with Gasteiger partial charge >= 0.3 is 12.2 Å². The molecule has 2 N–H and O–H groups in total. The maximum Gasteiger partial charge on any atom is 0.416 e. The summed E-state index contributed by atoms with van der Waals surface area (Å²) in [5.74, 6) is 0.702. The fraction of sp³-hybridized carbons (Fsp3) is 0.346. The van der Waals surface area contributed by atoms with Crippen LogP contribution in [0.25, 0.3) is 0 Å². The molecule has 2 aromatic carbocycles. The van der Waals surface area contributed by atoms with Crippen LogP contribution in [-0.4, -0.2) is 58.0 Å². The molecule has 0 spiro atoms. The van der Waals surface area contributed by atoms with Crippen molar-refractivity contribution in [3.05, 3.63) is 71.1 Å². The Hall–Kier alpha value is -3.41. The summed E-state index contributed by atoms with van der Waals surface area (Å²) in [4.78, 5) is 24.8. The molecule has 0 unspecified atom stereocenters. The van der Waals surface area contributed by atoms with E-state index in [1.54, 1.807) is 30.3 Å². The Morgan fingerprint density at radius 2 is 1.68 bits per heavy atom. The second kappa shape index (κ2) is 12.0. The quantitative estimate of drug-likeness (QED) is 0.347. The molecule has 0 radical (unpaired) electrons. The molecule has 0 aliphatic carbocycles. The monoisotopic (exact) mass is 548 g/mol. The Labute approximate surface area is 223 Å². The largest absolute Gasteiger partial charge is 0.439 e.